The first-order valence-corrected chi connectivity index (χ1v) is 7.74. The molecule has 142 valence electrons. The van der Waals surface area contributed by atoms with E-state index in [4.69, 9.17) is 10.8 Å². The highest BCUT2D eigenvalue weighted by Crippen LogP contribution is 2.10. The minimum atomic E-state index is -1.22. The molecule has 2 aromatic rings. The number of carboxylic acid groups (broad SMARTS) is 1. The number of rotatable bonds is 8. The topological polar surface area (TPSA) is 166 Å². The van der Waals surface area contributed by atoms with E-state index >= 15 is 0 Å². The molecule has 0 aliphatic carbocycles. The first-order valence-electron chi connectivity index (χ1n) is 7.74. The van der Waals surface area contributed by atoms with Gasteiger partial charge in [-0.25, -0.2) is 14.3 Å². The first-order chi connectivity index (χ1) is 12.8. The lowest BCUT2D eigenvalue weighted by molar-refractivity contribution is -0.118. The summed E-state index contributed by atoms with van der Waals surface area (Å²) in [6.45, 7) is -0.266. The molecule has 1 aromatic carbocycles. The Morgan fingerprint density at radius 1 is 1.22 bits per heavy atom. The number of carboxylic acids is 1. The van der Waals surface area contributed by atoms with E-state index in [1.54, 1.807) is 6.07 Å². The molecule has 11 nitrogen and oxygen atoms in total. The lowest BCUT2D eigenvalue weighted by Gasteiger charge is -2.09. The monoisotopic (exact) mass is 375 g/mol. The summed E-state index contributed by atoms with van der Waals surface area (Å²) >= 11 is 0. The number of esters is 1. The normalized spacial score (nSPS) is 10.3. The van der Waals surface area contributed by atoms with Gasteiger partial charge in [0.2, 0.25) is 5.91 Å². The predicted octanol–water partition coefficient (Wildman–Crippen LogP) is -0.779. The summed E-state index contributed by atoms with van der Waals surface area (Å²) < 4.78 is 5.76. The van der Waals surface area contributed by atoms with Gasteiger partial charge in [-0.2, -0.15) is 0 Å². The zero-order valence-electron chi connectivity index (χ0n) is 14.3. The second-order valence-electron chi connectivity index (χ2n) is 5.36. The fourth-order valence-corrected chi connectivity index (χ4v) is 2.37. The zero-order valence-corrected chi connectivity index (χ0v) is 14.3. The fraction of sp³-hybridized carbons (Fsp3) is 0.250. The van der Waals surface area contributed by atoms with Gasteiger partial charge in [-0.3, -0.25) is 9.59 Å². The molecular formula is C16H17N5O6. The van der Waals surface area contributed by atoms with E-state index in [-0.39, 0.29) is 42.0 Å². The number of ether oxygens (including phenoxy) is 1. The predicted molar refractivity (Wildman–Crippen MR) is 90.0 cm³/mol. The molecule has 0 spiro atoms. The number of carbonyl (C=O) groups is 4. The molecule has 27 heavy (non-hydrogen) atoms. The highest BCUT2D eigenvalue weighted by molar-refractivity contribution is 6.04. The van der Waals surface area contributed by atoms with Crippen LogP contribution in [0.1, 0.15) is 36.9 Å². The maximum atomic E-state index is 12.3. The summed E-state index contributed by atoms with van der Waals surface area (Å²) in [5.74, 6) is -3.25. The van der Waals surface area contributed by atoms with E-state index in [1.165, 1.54) is 25.3 Å². The molecule has 0 fully saturated rings. The lowest BCUT2D eigenvalue weighted by atomic mass is 10.1. The fourth-order valence-electron chi connectivity index (χ4n) is 2.37. The van der Waals surface area contributed by atoms with Crippen molar-refractivity contribution in [1.82, 2.24) is 20.3 Å². The van der Waals surface area contributed by atoms with Crippen LogP contribution >= 0.6 is 0 Å². The maximum absolute atomic E-state index is 12.3. The second kappa shape index (κ2) is 8.56. The number of nitrogens with two attached hydrogens (primary N) is 1. The number of hydrogen-bond acceptors (Lipinski definition) is 7. The molecule has 1 aromatic heterocycles. The lowest BCUT2D eigenvalue weighted by Crippen LogP contribution is -2.29. The third kappa shape index (κ3) is 4.66. The summed E-state index contributed by atoms with van der Waals surface area (Å²) in [6.07, 6.45) is 0.0890. The highest BCUT2D eigenvalue weighted by atomic mass is 16.5. The molecule has 0 atom stereocenters. The van der Waals surface area contributed by atoms with Gasteiger partial charge in [0.05, 0.1) is 23.9 Å². The highest BCUT2D eigenvalue weighted by Gasteiger charge is 2.21. The Morgan fingerprint density at radius 2 is 1.89 bits per heavy atom. The Morgan fingerprint density at radius 3 is 2.48 bits per heavy atom. The number of nitrogens with one attached hydrogen (secondary N) is 1. The molecule has 0 aliphatic rings. The van der Waals surface area contributed by atoms with Gasteiger partial charge in [0.1, 0.15) is 6.54 Å². The van der Waals surface area contributed by atoms with Crippen molar-refractivity contribution in [2.24, 2.45) is 5.73 Å². The van der Waals surface area contributed by atoms with Gasteiger partial charge in [-0.05, 0) is 12.1 Å². The van der Waals surface area contributed by atoms with Crippen LogP contribution in [0.15, 0.2) is 24.3 Å². The van der Waals surface area contributed by atoms with Crippen LogP contribution in [-0.2, 0) is 22.5 Å². The number of aromatic nitrogens is 3. The largest absolute Gasteiger partial charge is 0.478 e. The van der Waals surface area contributed by atoms with Crippen LogP contribution in [0.25, 0.3) is 0 Å². The van der Waals surface area contributed by atoms with Gasteiger partial charge in [-0.15, -0.1) is 5.10 Å². The van der Waals surface area contributed by atoms with Crippen LogP contribution in [0, 0.1) is 0 Å². The Labute approximate surface area is 153 Å². The van der Waals surface area contributed by atoms with Crippen molar-refractivity contribution in [2.45, 2.75) is 13.0 Å². The van der Waals surface area contributed by atoms with Gasteiger partial charge in [0, 0.05) is 13.0 Å². The summed E-state index contributed by atoms with van der Waals surface area (Å²) in [6, 6.07) is 5.76. The summed E-state index contributed by atoms with van der Waals surface area (Å²) in [5.41, 5.74) is 5.17. The molecule has 4 N–H and O–H groups in total. The Kier molecular flexibility index (Phi) is 6.20. The van der Waals surface area contributed by atoms with Crippen molar-refractivity contribution in [3.8, 4) is 0 Å². The zero-order chi connectivity index (χ0) is 20.0. The van der Waals surface area contributed by atoms with Crippen LogP contribution in [0.5, 0.6) is 0 Å². The number of amides is 2. The molecule has 2 rings (SSSR count). The van der Waals surface area contributed by atoms with E-state index in [9.17, 15) is 19.2 Å². The van der Waals surface area contributed by atoms with Gasteiger partial charge in [0.25, 0.3) is 5.91 Å². The number of nitrogens with zero attached hydrogens (tertiary/aromatic N) is 3. The number of primary amides is 1. The van der Waals surface area contributed by atoms with E-state index in [1.807, 2.05) is 0 Å². The van der Waals surface area contributed by atoms with Crippen LogP contribution < -0.4 is 11.1 Å². The van der Waals surface area contributed by atoms with Crippen molar-refractivity contribution in [3.05, 3.63) is 46.8 Å². The molecule has 2 amide bonds. The minimum Gasteiger partial charge on any atom is -0.478 e. The van der Waals surface area contributed by atoms with E-state index in [0.29, 0.717) is 0 Å². The number of hydrogen-bond donors (Lipinski definition) is 3. The molecule has 0 saturated heterocycles. The third-order valence-electron chi connectivity index (χ3n) is 3.57. The Bertz CT molecular complexity index is 891. The van der Waals surface area contributed by atoms with Crippen molar-refractivity contribution >= 4 is 23.8 Å². The molecule has 0 unspecified atom stereocenters. The number of aromatic carboxylic acids is 1. The van der Waals surface area contributed by atoms with Crippen molar-refractivity contribution in [3.63, 3.8) is 0 Å². The van der Waals surface area contributed by atoms with Crippen molar-refractivity contribution in [2.75, 3.05) is 13.7 Å². The Hall–Kier alpha value is -3.76. The standard InChI is InChI=1S/C16H17N5O6/c1-27-16(26)13-11(21(20-19-13)8-12(17)22)6-7-18-14(23)9-4-2-3-5-10(9)15(24)25/h2-5H,6-8H2,1H3,(H2,17,22)(H,18,23)(H,24,25). The third-order valence-corrected chi connectivity index (χ3v) is 3.57. The quantitative estimate of drug-likeness (QED) is 0.505. The Balaban J connectivity index is 2.14. The molecule has 11 heteroatoms. The average molecular weight is 375 g/mol. The average Bonchev–Trinajstić information content (AvgIpc) is 3.02. The second-order valence-corrected chi connectivity index (χ2v) is 5.36. The first kappa shape index (κ1) is 19.6. The summed E-state index contributed by atoms with van der Waals surface area (Å²) in [4.78, 5) is 46.3. The smallest absolute Gasteiger partial charge is 0.360 e. The summed E-state index contributed by atoms with van der Waals surface area (Å²) in [5, 5.41) is 19.1. The van der Waals surface area contributed by atoms with Gasteiger partial charge in [-0.1, -0.05) is 17.3 Å². The van der Waals surface area contributed by atoms with Crippen LogP contribution in [0.3, 0.4) is 0 Å². The van der Waals surface area contributed by atoms with E-state index < -0.39 is 23.8 Å². The molecule has 1 heterocycles. The number of carbonyl (C=O) groups excluding carboxylic acids is 3. The minimum absolute atomic E-state index is 0.00181. The van der Waals surface area contributed by atoms with Crippen LogP contribution in [0.4, 0.5) is 0 Å². The molecule has 0 saturated carbocycles. The molecule has 0 bridgehead atoms. The molecule has 0 radical (unpaired) electrons. The molecule has 0 aliphatic heterocycles. The van der Waals surface area contributed by atoms with Crippen molar-refractivity contribution in [1.29, 1.82) is 0 Å². The van der Waals surface area contributed by atoms with E-state index in [0.717, 1.165) is 4.68 Å². The van der Waals surface area contributed by atoms with Gasteiger partial charge >= 0.3 is 11.9 Å². The van der Waals surface area contributed by atoms with Gasteiger partial charge < -0.3 is 20.9 Å². The SMILES string of the molecule is COC(=O)c1nnn(CC(N)=O)c1CCNC(=O)c1ccccc1C(=O)O. The van der Waals surface area contributed by atoms with E-state index in [2.05, 4.69) is 20.4 Å². The van der Waals surface area contributed by atoms with Crippen LogP contribution in [0.2, 0.25) is 0 Å². The van der Waals surface area contributed by atoms with Crippen molar-refractivity contribution < 1.29 is 29.0 Å². The molecular weight excluding hydrogens is 358 g/mol. The van der Waals surface area contributed by atoms with Gasteiger partial charge in [0.15, 0.2) is 5.69 Å². The summed E-state index contributed by atoms with van der Waals surface area (Å²) in [7, 11) is 1.17. The van der Waals surface area contributed by atoms with Crippen LogP contribution in [-0.4, -0.2) is 57.5 Å². The number of benzene rings is 1. The number of methoxy groups -OCH3 is 1. The maximum Gasteiger partial charge on any atom is 0.360 e.